The van der Waals surface area contributed by atoms with Crippen molar-refractivity contribution in [2.45, 2.75) is 33.4 Å². The van der Waals surface area contributed by atoms with Crippen LogP contribution in [0.3, 0.4) is 0 Å². The number of benzene rings is 1. The molecule has 4 aromatic rings. The molecule has 1 unspecified atom stereocenters. The maximum atomic E-state index is 5.83. The van der Waals surface area contributed by atoms with Gasteiger partial charge in [0.15, 0.2) is 0 Å². The van der Waals surface area contributed by atoms with Gasteiger partial charge in [-0.2, -0.15) is 0 Å². The van der Waals surface area contributed by atoms with Gasteiger partial charge in [-0.05, 0) is 43.5 Å². The van der Waals surface area contributed by atoms with E-state index in [4.69, 9.17) is 9.72 Å². The Morgan fingerprint density at radius 1 is 1.07 bits per heavy atom. The van der Waals surface area contributed by atoms with E-state index in [0.29, 0.717) is 6.54 Å². The third kappa shape index (κ3) is 4.16. The minimum Gasteiger partial charge on any atom is -0.370 e. The van der Waals surface area contributed by atoms with Crippen LogP contribution < -0.4 is 0 Å². The SMILES string of the molecule is COC(c1ccc(C)cc1)c1cncn1Cc1cnc(-c2csc(C)c2)c(C)c1. The van der Waals surface area contributed by atoms with Gasteiger partial charge in [-0.3, -0.25) is 4.98 Å². The summed E-state index contributed by atoms with van der Waals surface area (Å²) in [5.74, 6) is 0. The van der Waals surface area contributed by atoms with Crippen molar-refractivity contribution < 1.29 is 4.74 Å². The lowest BCUT2D eigenvalue weighted by atomic mass is 10.0. The first-order chi connectivity index (χ1) is 14.0. The zero-order valence-corrected chi connectivity index (χ0v) is 18.0. The molecule has 4 rings (SSSR count). The molecule has 0 aliphatic heterocycles. The maximum Gasteiger partial charge on any atom is 0.124 e. The Balaban J connectivity index is 1.60. The largest absolute Gasteiger partial charge is 0.370 e. The highest BCUT2D eigenvalue weighted by atomic mass is 32.1. The van der Waals surface area contributed by atoms with E-state index in [1.54, 1.807) is 18.4 Å². The predicted molar refractivity (Wildman–Crippen MR) is 118 cm³/mol. The molecule has 0 spiro atoms. The normalized spacial score (nSPS) is 12.3. The van der Waals surface area contributed by atoms with Crippen molar-refractivity contribution in [2.24, 2.45) is 0 Å². The summed E-state index contributed by atoms with van der Waals surface area (Å²) in [7, 11) is 1.74. The molecule has 1 atom stereocenters. The summed E-state index contributed by atoms with van der Waals surface area (Å²) >= 11 is 1.76. The van der Waals surface area contributed by atoms with Crippen LogP contribution in [-0.4, -0.2) is 21.6 Å². The third-order valence-electron chi connectivity index (χ3n) is 5.12. The standard InChI is InChI=1S/C24H25N3OS/c1-16-5-7-20(8-6-16)24(28-4)22-12-25-15-27(22)13-19-9-17(2)23(26-11-19)21-10-18(3)29-14-21/h5-12,14-15,24H,13H2,1-4H3. The van der Waals surface area contributed by atoms with E-state index in [0.717, 1.165) is 22.5 Å². The van der Waals surface area contributed by atoms with Crippen LogP contribution in [0.15, 0.2) is 60.5 Å². The average Bonchev–Trinajstić information content (AvgIpc) is 3.33. The van der Waals surface area contributed by atoms with Crippen molar-refractivity contribution in [3.05, 3.63) is 93.3 Å². The summed E-state index contributed by atoms with van der Waals surface area (Å²) in [6, 6.07) is 12.9. The van der Waals surface area contributed by atoms with Crippen LogP contribution in [-0.2, 0) is 11.3 Å². The minimum absolute atomic E-state index is 0.153. The molecule has 148 valence electrons. The van der Waals surface area contributed by atoms with Crippen LogP contribution in [0.1, 0.15) is 38.9 Å². The molecular weight excluding hydrogens is 378 g/mol. The first-order valence-corrected chi connectivity index (χ1v) is 10.5. The van der Waals surface area contributed by atoms with E-state index in [1.807, 2.05) is 18.7 Å². The van der Waals surface area contributed by atoms with Crippen LogP contribution in [0, 0.1) is 20.8 Å². The topological polar surface area (TPSA) is 39.9 Å². The molecule has 0 bridgehead atoms. The zero-order chi connectivity index (χ0) is 20.4. The lowest BCUT2D eigenvalue weighted by Crippen LogP contribution is -2.11. The van der Waals surface area contributed by atoms with Gasteiger partial charge in [-0.1, -0.05) is 35.9 Å². The number of imidazole rings is 1. The molecule has 3 heterocycles. The minimum atomic E-state index is -0.153. The van der Waals surface area contributed by atoms with Gasteiger partial charge in [0, 0.05) is 29.1 Å². The second kappa shape index (κ2) is 8.31. The quantitative estimate of drug-likeness (QED) is 0.414. The highest BCUT2D eigenvalue weighted by Crippen LogP contribution is 2.28. The molecule has 0 fully saturated rings. The number of pyridine rings is 1. The number of aryl methyl sites for hydroxylation is 3. The van der Waals surface area contributed by atoms with Gasteiger partial charge < -0.3 is 9.30 Å². The highest BCUT2D eigenvalue weighted by Gasteiger charge is 2.18. The summed E-state index contributed by atoms with van der Waals surface area (Å²) in [6.45, 7) is 7.04. The van der Waals surface area contributed by atoms with E-state index >= 15 is 0 Å². The van der Waals surface area contributed by atoms with Crippen LogP contribution >= 0.6 is 11.3 Å². The van der Waals surface area contributed by atoms with E-state index in [1.165, 1.54) is 21.6 Å². The Labute approximate surface area is 175 Å². The Morgan fingerprint density at radius 2 is 1.86 bits per heavy atom. The Kier molecular flexibility index (Phi) is 5.60. The molecule has 0 radical (unpaired) electrons. The molecule has 0 saturated carbocycles. The molecule has 0 saturated heterocycles. The first kappa shape index (κ1) is 19.6. The van der Waals surface area contributed by atoms with Crippen LogP contribution in [0.4, 0.5) is 0 Å². The number of hydrogen-bond donors (Lipinski definition) is 0. The number of nitrogens with zero attached hydrogens (tertiary/aromatic N) is 3. The van der Waals surface area contributed by atoms with Crippen LogP contribution in [0.2, 0.25) is 0 Å². The van der Waals surface area contributed by atoms with E-state index in [2.05, 4.69) is 72.1 Å². The Hall–Kier alpha value is -2.76. The molecule has 0 amide bonds. The molecule has 4 nitrogen and oxygen atoms in total. The summed E-state index contributed by atoms with van der Waals surface area (Å²) in [5, 5.41) is 2.17. The van der Waals surface area contributed by atoms with Crippen molar-refractivity contribution in [1.82, 2.24) is 14.5 Å². The Bertz CT molecular complexity index is 1110. The number of ether oxygens (including phenoxy) is 1. The van der Waals surface area contributed by atoms with E-state index in [9.17, 15) is 0 Å². The first-order valence-electron chi connectivity index (χ1n) is 9.65. The Morgan fingerprint density at radius 3 is 2.52 bits per heavy atom. The molecule has 5 heteroatoms. The van der Waals surface area contributed by atoms with Gasteiger partial charge in [0.2, 0.25) is 0 Å². The smallest absolute Gasteiger partial charge is 0.124 e. The molecule has 29 heavy (non-hydrogen) atoms. The lowest BCUT2D eigenvalue weighted by Gasteiger charge is -2.18. The summed E-state index contributed by atoms with van der Waals surface area (Å²) in [6.07, 6.45) is 5.56. The fourth-order valence-electron chi connectivity index (χ4n) is 3.64. The van der Waals surface area contributed by atoms with Crippen LogP contribution in [0.25, 0.3) is 11.3 Å². The van der Waals surface area contributed by atoms with Crippen molar-refractivity contribution >= 4 is 11.3 Å². The lowest BCUT2D eigenvalue weighted by molar-refractivity contribution is 0.130. The van der Waals surface area contributed by atoms with Gasteiger partial charge in [-0.15, -0.1) is 11.3 Å². The zero-order valence-electron chi connectivity index (χ0n) is 17.2. The second-order valence-electron chi connectivity index (χ2n) is 7.43. The molecule has 0 N–H and O–H groups in total. The average molecular weight is 404 g/mol. The summed E-state index contributed by atoms with van der Waals surface area (Å²) in [5.41, 5.74) is 7.97. The molecule has 1 aromatic carbocycles. The summed E-state index contributed by atoms with van der Waals surface area (Å²) < 4.78 is 7.96. The van der Waals surface area contributed by atoms with Crippen LogP contribution in [0.5, 0.6) is 0 Å². The number of methoxy groups -OCH3 is 1. The van der Waals surface area contributed by atoms with Crippen molar-refractivity contribution in [3.8, 4) is 11.3 Å². The van der Waals surface area contributed by atoms with Gasteiger partial charge in [0.05, 0.1) is 30.5 Å². The fourth-order valence-corrected chi connectivity index (χ4v) is 4.32. The highest BCUT2D eigenvalue weighted by molar-refractivity contribution is 7.10. The third-order valence-corrected chi connectivity index (χ3v) is 5.98. The number of aromatic nitrogens is 3. The van der Waals surface area contributed by atoms with E-state index in [-0.39, 0.29) is 6.10 Å². The monoisotopic (exact) mass is 403 g/mol. The molecular formula is C24H25N3OS. The summed E-state index contributed by atoms with van der Waals surface area (Å²) in [4.78, 5) is 10.4. The fraction of sp³-hybridized carbons (Fsp3) is 0.250. The molecule has 3 aromatic heterocycles. The maximum absolute atomic E-state index is 5.83. The molecule has 0 aliphatic carbocycles. The van der Waals surface area contributed by atoms with Gasteiger partial charge in [0.1, 0.15) is 6.10 Å². The van der Waals surface area contributed by atoms with Gasteiger partial charge in [-0.25, -0.2) is 4.98 Å². The van der Waals surface area contributed by atoms with Gasteiger partial charge >= 0.3 is 0 Å². The number of hydrogen-bond acceptors (Lipinski definition) is 4. The van der Waals surface area contributed by atoms with Crippen molar-refractivity contribution in [1.29, 1.82) is 0 Å². The van der Waals surface area contributed by atoms with E-state index < -0.39 is 0 Å². The van der Waals surface area contributed by atoms with Crippen molar-refractivity contribution in [2.75, 3.05) is 7.11 Å². The second-order valence-corrected chi connectivity index (χ2v) is 8.54. The molecule has 0 aliphatic rings. The number of thiophene rings is 1. The predicted octanol–water partition coefficient (Wildman–Crippen LogP) is 5.72. The van der Waals surface area contributed by atoms with Crippen molar-refractivity contribution in [3.63, 3.8) is 0 Å². The van der Waals surface area contributed by atoms with Gasteiger partial charge in [0.25, 0.3) is 0 Å². The number of rotatable bonds is 6.